The van der Waals surface area contributed by atoms with Gasteiger partial charge in [-0.25, -0.2) is 9.79 Å². The van der Waals surface area contributed by atoms with Crippen LogP contribution in [0.4, 0.5) is 5.69 Å². The molecule has 176 valence electrons. The zero-order valence-corrected chi connectivity index (χ0v) is 20.7. The van der Waals surface area contributed by atoms with E-state index in [1.807, 2.05) is 56.3 Å². The lowest BCUT2D eigenvalue weighted by atomic mass is 9.96. The van der Waals surface area contributed by atoms with Crippen LogP contribution in [0.25, 0.3) is 6.20 Å². The van der Waals surface area contributed by atoms with E-state index in [1.165, 1.54) is 11.3 Å². The molecule has 34 heavy (non-hydrogen) atoms. The Balaban J connectivity index is 1.86. The van der Waals surface area contributed by atoms with Gasteiger partial charge in [0.25, 0.3) is 5.56 Å². The van der Waals surface area contributed by atoms with Crippen LogP contribution in [0.1, 0.15) is 36.6 Å². The highest BCUT2D eigenvalue weighted by Gasteiger charge is 2.33. The number of esters is 1. The lowest BCUT2D eigenvalue weighted by Crippen LogP contribution is -2.40. The van der Waals surface area contributed by atoms with Crippen LogP contribution in [0.5, 0.6) is 5.75 Å². The topological polar surface area (TPSA) is 81.9 Å². The minimum absolute atomic E-state index is 0.225. The molecular formula is C26H27N3O4S. The first-order chi connectivity index (χ1) is 16.3. The van der Waals surface area contributed by atoms with E-state index in [0.717, 1.165) is 22.4 Å². The van der Waals surface area contributed by atoms with E-state index in [9.17, 15) is 9.59 Å². The van der Waals surface area contributed by atoms with E-state index in [4.69, 9.17) is 9.47 Å². The molecule has 0 spiro atoms. The van der Waals surface area contributed by atoms with Gasteiger partial charge in [0.15, 0.2) is 4.80 Å². The van der Waals surface area contributed by atoms with E-state index >= 15 is 0 Å². The van der Waals surface area contributed by atoms with Crippen molar-refractivity contribution in [2.75, 3.05) is 19.0 Å². The van der Waals surface area contributed by atoms with E-state index in [0.29, 0.717) is 26.4 Å². The molecule has 1 aliphatic heterocycles. The zero-order valence-electron chi connectivity index (χ0n) is 19.8. The highest BCUT2D eigenvalue weighted by Crippen LogP contribution is 2.31. The summed E-state index contributed by atoms with van der Waals surface area (Å²) >= 11 is 1.28. The Morgan fingerprint density at radius 1 is 1.18 bits per heavy atom. The maximum Gasteiger partial charge on any atom is 0.338 e. The van der Waals surface area contributed by atoms with Crippen molar-refractivity contribution >= 4 is 29.2 Å². The number of hydrogen-bond acceptors (Lipinski definition) is 7. The van der Waals surface area contributed by atoms with Crippen LogP contribution in [-0.2, 0) is 9.53 Å². The van der Waals surface area contributed by atoms with Gasteiger partial charge >= 0.3 is 5.97 Å². The molecule has 1 N–H and O–H groups in total. The van der Waals surface area contributed by atoms with Crippen molar-refractivity contribution in [1.82, 2.24) is 4.57 Å². The number of ether oxygens (including phenoxy) is 2. The van der Waals surface area contributed by atoms with E-state index in [2.05, 4.69) is 10.3 Å². The van der Waals surface area contributed by atoms with Crippen molar-refractivity contribution in [2.45, 2.75) is 33.7 Å². The molecule has 0 bridgehead atoms. The summed E-state index contributed by atoms with van der Waals surface area (Å²) in [5.74, 6) is 0.208. The third-order valence-corrected chi connectivity index (χ3v) is 6.68. The van der Waals surface area contributed by atoms with Gasteiger partial charge in [0.2, 0.25) is 0 Å². The summed E-state index contributed by atoms with van der Waals surface area (Å²) in [6.45, 7) is 7.79. The second kappa shape index (κ2) is 9.69. The highest BCUT2D eigenvalue weighted by atomic mass is 32.1. The van der Waals surface area contributed by atoms with Crippen LogP contribution < -0.4 is 24.9 Å². The first-order valence-electron chi connectivity index (χ1n) is 11.0. The number of anilines is 1. The van der Waals surface area contributed by atoms with Crippen LogP contribution in [0, 0.1) is 13.8 Å². The maximum atomic E-state index is 13.6. The smallest absolute Gasteiger partial charge is 0.338 e. The number of thiazole rings is 1. The lowest BCUT2D eigenvalue weighted by Gasteiger charge is -2.24. The second-order valence-corrected chi connectivity index (χ2v) is 9.05. The molecule has 0 saturated carbocycles. The number of hydrogen-bond donors (Lipinski definition) is 1. The van der Waals surface area contributed by atoms with Crippen molar-refractivity contribution in [3.05, 3.63) is 90.1 Å². The molecule has 0 radical (unpaired) electrons. The normalized spacial score (nSPS) is 15.6. The zero-order chi connectivity index (χ0) is 24.4. The number of nitrogens with one attached hydrogen (secondary N) is 1. The van der Waals surface area contributed by atoms with Crippen LogP contribution in [0.2, 0.25) is 0 Å². The van der Waals surface area contributed by atoms with Crippen molar-refractivity contribution in [1.29, 1.82) is 0 Å². The largest absolute Gasteiger partial charge is 0.497 e. The number of carbonyl (C=O) groups is 1. The number of methoxy groups -OCH3 is 1. The number of aromatic nitrogens is 1. The molecule has 0 unspecified atom stereocenters. The molecule has 0 fully saturated rings. The number of aryl methyl sites for hydroxylation is 2. The molecule has 1 atom stereocenters. The number of rotatable bonds is 6. The van der Waals surface area contributed by atoms with Crippen molar-refractivity contribution < 1.29 is 14.3 Å². The quantitative estimate of drug-likeness (QED) is 0.550. The molecule has 1 aromatic heterocycles. The van der Waals surface area contributed by atoms with Gasteiger partial charge in [-0.05, 0) is 62.6 Å². The molecular weight excluding hydrogens is 450 g/mol. The first-order valence-corrected chi connectivity index (χ1v) is 11.8. The van der Waals surface area contributed by atoms with E-state index in [-0.39, 0.29) is 12.2 Å². The van der Waals surface area contributed by atoms with Crippen LogP contribution in [-0.4, -0.2) is 24.3 Å². The molecule has 1 aliphatic rings. The monoisotopic (exact) mass is 477 g/mol. The minimum Gasteiger partial charge on any atom is -0.497 e. The summed E-state index contributed by atoms with van der Waals surface area (Å²) in [5, 5.41) is 3.26. The lowest BCUT2D eigenvalue weighted by molar-refractivity contribution is -0.139. The van der Waals surface area contributed by atoms with Gasteiger partial charge in [0.05, 0.1) is 31.0 Å². The van der Waals surface area contributed by atoms with E-state index < -0.39 is 12.0 Å². The molecule has 2 aromatic carbocycles. The standard InChI is InChI=1S/C26H27N3O4S/c1-6-33-25(31)22-17(4)28-26-29(23(22)18-9-11-19(32-5)12-10-18)24(30)21(34-26)14-27-20-13-15(2)7-8-16(20)3/h7-14,23,27H,6H2,1-5H3/b21-14-/t23-/m0/s1. The number of benzene rings is 2. The number of fused-ring (bicyclic) bond motifs is 1. The first kappa shape index (κ1) is 23.5. The predicted octanol–water partition coefficient (Wildman–Crippen LogP) is 3.45. The van der Waals surface area contributed by atoms with Crippen LogP contribution in [0.15, 0.2) is 63.5 Å². The predicted molar refractivity (Wildman–Crippen MR) is 134 cm³/mol. The summed E-state index contributed by atoms with van der Waals surface area (Å²) in [5.41, 5.74) is 4.57. The molecule has 0 aliphatic carbocycles. The molecule has 7 nitrogen and oxygen atoms in total. The Morgan fingerprint density at radius 3 is 2.59 bits per heavy atom. The molecule has 0 saturated heterocycles. The Morgan fingerprint density at radius 2 is 1.91 bits per heavy atom. The summed E-state index contributed by atoms with van der Waals surface area (Å²) in [6, 6.07) is 12.8. The fourth-order valence-corrected chi connectivity index (χ4v) is 4.90. The third kappa shape index (κ3) is 4.41. The fourth-order valence-electron chi connectivity index (χ4n) is 3.93. The molecule has 3 aromatic rings. The molecule has 2 heterocycles. The van der Waals surface area contributed by atoms with Gasteiger partial charge in [-0.2, -0.15) is 0 Å². The molecule has 8 heteroatoms. The van der Waals surface area contributed by atoms with Gasteiger partial charge in [-0.1, -0.05) is 35.6 Å². The SMILES string of the molecule is CCOC(=O)C1=C(C)N=c2s/c(=C\Nc3cc(C)ccc3C)c(=O)n2[C@H]1c1ccc(OC)cc1. The molecule has 0 amide bonds. The Kier molecular flexibility index (Phi) is 6.70. The van der Waals surface area contributed by atoms with Gasteiger partial charge in [-0.15, -0.1) is 0 Å². The third-order valence-electron chi connectivity index (χ3n) is 5.70. The highest BCUT2D eigenvalue weighted by molar-refractivity contribution is 7.07. The minimum atomic E-state index is -0.649. The Bertz CT molecular complexity index is 1450. The number of carbonyl (C=O) groups excluding carboxylic acids is 1. The van der Waals surface area contributed by atoms with Gasteiger partial charge in [-0.3, -0.25) is 9.36 Å². The number of nitrogens with zero attached hydrogens (tertiary/aromatic N) is 2. The summed E-state index contributed by atoms with van der Waals surface area (Å²) in [6.07, 6.45) is 1.71. The van der Waals surface area contributed by atoms with Gasteiger partial charge < -0.3 is 14.8 Å². The van der Waals surface area contributed by atoms with Crippen LogP contribution in [0.3, 0.4) is 0 Å². The molecule has 4 rings (SSSR count). The summed E-state index contributed by atoms with van der Waals surface area (Å²) < 4.78 is 12.7. The van der Waals surface area contributed by atoms with Crippen molar-refractivity contribution in [3.63, 3.8) is 0 Å². The van der Waals surface area contributed by atoms with Gasteiger partial charge in [0, 0.05) is 11.9 Å². The fraction of sp³-hybridized carbons (Fsp3) is 0.269. The van der Waals surface area contributed by atoms with E-state index in [1.54, 1.807) is 31.7 Å². The summed E-state index contributed by atoms with van der Waals surface area (Å²) in [4.78, 5) is 31.6. The summed E-state index contributed by atoms with van der Waals surface area (Å²) in [7, 11) is 1.59. The number of allylic oxidation sites excluding steroid dienone is 1. The van der Waals surface area contributed by atoms with Crippen molar-refractivity contribution in [3.8, 4) is 5.75 Å². The maximum absolute atomic E-state index is 13.6. The van der Waals surface area contributed by atoms with Crippen molar-refractivity contribution in [2.24, 2.45) is 4.99 Å². The Labute approximate surface area is 201 Å². The average molecular weight is 478 g/mol. The second-order valence-electron chi connectivity index (χ2n) is 8.04. The van der Waals surface area contributed by atoms with Gasteiger partial charge in [0.1, 0.15) is 10.3 Å². The average Bonchev–Trinajstić information content (AvgIpc) is 3.13. The van der Waals surface area contributed by atoms with Crippen LogP contribution >= 0.6 is 11.3 Å². The Hall–Kier alpha value is -3.65.